The summed E-state index contributed by atoms with van der Waals surface area (Å²) in [4.78, 5) is 13.6. The molecule has 0 radical (unpaired) electrons. The number of hydrogen-bond acceptors (Lipinski definition) is 4. The van der Waals surface area contributed by atoms with Gasteiger partial charge in [-0.05, 0) is 0 Å². The lowest BCUT2D eigenvalue weighted by Gasteiger charge is -2.26. The fraction of sp³-hybridized carbons (Fsp3) is 0.900. The van der Waals surface area contributed by atoms with Crippen molar-refractivity contribution in [3.05, 3.63) is 0 Å². The van der Waals surface area contributed by atoms with Gasteiger partial charge < -0.3 is 9.47 Å². The maximum atomic E-state index is 11.3. The maximum absolute atomic E-state index is 11.3. The average Bonchev–Trinajstić information content (AvgIpc) is 2.29. The van der Waals surface area contributed by atoms with E-state index in [4.69, 9.17) is 9.47 Å². The monoisotopic (exact) mass is 279 g/mol. The summed E-state index contributed by atoms with van der Waals surface area (Å²) in [5, 5.41) is 0.656. The molecule has 1 unspecified atom stereocenters. The Morgan fingerprint density at radius 2 is 2.20 bits per heavy atom. The van der Waals surface area contributed by atoms with E-state index in [0.717, 1.165) is 32.8 Å². The van der Waals surface area contributed by atoms with Crippen LogP contribution in [0.3, 0.4) is 0 Å². The normalized spacial score (nSPS) is 19.9. The summed E-state index contributed by atoms with van der Waals surface area (Å²) in [6.45, 7) is 6.58. The zero-order chi connectivity index (χ0) is 11.1. The van der Waals surface area contributed by atoms with Gasteiger partial charge in [0.05, 0.1) is 19.1 Å². The molecule has 0 bridgehead atoms. The molecule has 0 aliphatic carbocycles. The predicted octanol–water partition coefficient (Wildman–Crippen LogP) is 0.893. The van der Waals surface area contributed by atoms with Crippen molar-refractivity contribution >= 4 is 21.9 Å². The highest BCUT2D eigenvalue weighted by Crippen LogP contribution is 2.03. The number of carbonyl (C=O) groups is 1. The number of hydrogen-bond donors (Lipinski definition) is 0. The van der Waals surface area contributed by atoms with E-state index < -0.39 is 0 Å². The Balaban J connectivity index is 2.07. The summed E-state index contributed by atoms with van der Waals surface area (Å²) in [7, 11) is 0. The van der Waals surface area contributed by atoms with Crippen molar-refractivity contribution in [1.82, 2.24) is 4.90 Å². The van der Waals surface area contributed by atoms with Crippen LogP contribution in [-0.4, -0.2) is 55.7 Å². The summed E-state index contributed by atoms with van der Waals surface area (Å²) in [5.41, 5.74) is 0. The molecule has 15 heavy (non-hydrogen) atoms. The first-order valence-electron chi connectivity index (χ1n) is 5.26. The second-order valence-electron chi connectivity index (χ2n) is 3.68. The second-order valence-corrected chi connectivity index (χ2v) is 4.32. The first-order valence-corrected chi connectivity index (χ1v) is 6.39. The van der Waals surface area contributed by atoms with Crippen LogP contribution in [0.1, 0.15) is 6.92 Å². The molecule has 5 heteroatoms. The lowest BCUT2D eigenvalue weighted by Crippen LogP contribution is -2.38. The molecule has 0 aromatic carbocycles. The number of halogens is 1. The minimum atomic E-state index is -0.125. The quantitative estimate of drug-likeness (QED) is 0.554. The predicted molar refractivity (Wildman–Crippen MR) is 61.2 cm³/mol. The summed E-state index contributed by atoms with van der Waals surface area (Å²) in [5.74, 6) is -0.185. The van der Waals surface area contributed by atoms with E-state index in [1.165, 1.54) is 0 Å². The van der Waals surface area contributed by atoms with Crippen LogP contribution < -0.4 is 0 Å². The highest BCUT2D eigenvalue weighted by Gasteiger charge is 2.14. The molecule has 0 N–H and O–H groups in total. The van der Waals surface area contributed by atoms with Crippen LogP contribution in [0.2, 0.25) is 0 Å². The number of ether oxygens (including phenoxy) is 2. The molecule has 0 aromatic heterocycles. The number of esters is 1. The molecule has 0 saturated carbocycles. The van der Waals surface area contributed by atoms with E-state index in [2.05, 4.69) is 20.8 Å². The van der Waals surface area contributed by atoms with E-state index in [1.807, 2.05) is 6.92 Å². The third kappa shape index (κ3) is 4.95. The SMILES string of the molecule is CC(CBr)C(=O)OCCN1CCOCC1. The van der Waals surface area contributed by atoms with Crippen LogP contribution in [0, 0.1) is 5.92 Å². The first kappa shape index (κ1) is 12.9. The van der Waals surface area contributed by atoms with Gasteiger partial charge in [0, 0.05) is 25.0 Å². The highest BCUT2D eigenvalue weighted by atomic mass is 79.9. The fourth-order valence-electron chi connectivity index (χ4n) is 1.31. The molecule has 0 amide bonds. The Hall–Kier alpha value is -0.130. The maximum Gasteiger partial charge on any atom is 0.309 e. The van der Waals surface area contributed by atoms with E-state index >= 15 is 0 Å². The number of rotatable bonds is 5. The topological polar surface area (TPSA) is 38.8 Å². The van der Waals surface area contributed by atoms with Crippen molar-refractivity contribution < 1.29 is 14.3 Å². The first-order chi connectivity index (χ1) is 7.24. The van der Waals surface area contributed by atoms with Crippen molar-refractivity contribution in [2.24, 2.45) is 5.92 Å². The van der Waals surface area contributed by atoms with Gasteiger partial charge in [-0.2, -0.15) is 0 Å². The second kappa shape index (κ2) is 7.19. The summed E-state index contributed by atoms with van der Waals surface area (Å²) in [6, 6.07) is 0. The summed E-state index contributed by atoms with van der Waals surface area (Å²) < 4.78 is 10.4. The van der Waals surface area contributed by atoms with Crippen LogP contribution in [0.15, 0.2) is 0 Å². The smallest absolute Gasteiger partial charge is 0.309 e. The van der Waals surface area contributed by atoms with Crippen molar-refractivity contribution in [3.63, 3.8) is 0 Å². The lowest BCUT2D eigenvalue weighted by atomic mass is 10.2. The third-order valence-electron chi connectivity index (χ3n) is 2.39. The highest BCUT2D eigenvalue weighted by molar-refractivity contribution is 9.09. The third-order valence-corrected chi connectivity index (χ3v) is 3.36. The van der Waals surface area contributed by atoms with E-state index in [1.54, 1.807) is 0 Å². The van der Waals surface area contributed by atoms with Crippen LogP contribution >= 0.6 is 15.9 Å². The fourth-order valence-corrected chi connectivity index (χ4v) is 1.57. The van der Waals surface area contributed by atoms with Gasteiger partial charge in [-0.15, -0.1) is 0 Å². The Morgan fingerprint density at radius 3 is 2.80 bits per heavy atom. The number of carbonyl (C=O) groups excluding carboxylic acids is 1. The van der Waals surface area contributed by atoms with Crippen molar-refractivity contribution in [2.45, 2.75) is 6.92 Å². The van der Waals surface area contributed by atoms with Crippen LogP contribution in [0.5, 0.6) is 0 Å². The number of morpholine rings is 1. The molecule has 88 valence electrons. The molecule has 1 fully saturated rings. The van der Waals surface area contributed by atoms with E-state index in [9.17, 15) is 4.79 Å². The number of nitrogens with zero attached hydrogens (tertiary/aromatic N) is 1. The largest absolute Gasteiger partial charge is 0.464 e. The van der Waals surface area contributed by atoms with Gasteiger partial charge in [0.2, 0.25) is 0 Å². The lowest BCUT2D eigenvalue weighted by molar-refractivity contribution is -0.147. The number of alkyl halides is 1. The molecule has 1 aliphatic heterocycles. The van der Waals surface area contributed by atoms with Gasteiger partial charge in [0.1, 0.15) is 6.61 Å². The van der Waals surface area contributed by atoms with Crippen LogP contribution in [0.4, 0.5) is 0 Å². The molecule has 0 spiro atoms. The molecule has 1 atom stereocenters. The molecular formula is C10H18BrNO3. The average molecular weight is 280 g/mol. The van der Waals surface area contributed by atoms with E-state index in [-0.39, 0.29) is 11.9 Å². The Bertz CT molecular complexity index is 195. The zero-order valence-corrected chi connectivity index (χ0v) is 10.7. The molecule has 1 saturated heterocycles. The van der Waals surface area contributed by atoms with Gasteiger partial charge >= 0.3 is 5.97 Å². The van der Waals surface area contributed by atoms with Gasteiger partial charge in [-0.3, -0.25) is 9.69 Å². The molecular weight excluding hydrogens is 262 g/mol. The van der Waals surface area contributed by atoms with Crippen LogP contribution in [0.25, 0.3) is 0 Å². The zero-order valence-electron chi connectivity index (χ0n) is 9.08. The van der Waals surface area contributed by atoms with Gasteiger partial charge in [-0.25, -0.2) is 0 Å². The van der Waals surface area contributed by atoms with Crippen molar-refractivity contribution in [2.75, 3.05) is 44.8 Å². The van der Waals surface area contributed by atoms with Gasteiger partial charge in [-0.1, -0.05) is 22.9 Å². The van der Waals surface area contributed by atoms with E-state index in [0.29, 0.717) is 11.9 Å². The standard InChI is InChI=1S/C10H18BrNO3/c1-9(8-11)10(13)15-7-4-12-2-5-14-6-3-12/h9H,2-8H2,1H3. The molecule has 1 aliphatic rings. The van der Waals surface area contributed by atoms with Crippen molar-refractivity contribution in [3.8, 4) is 0 Å². The Kier molecular flexibility index (Phi) is 6.20. The minimum absolute atomic E-state index is 0.0605. The van der Waals surface area contributed by atoms with Crippen LogP contribution in [-0.2, 0) is 14.3 Å². The van der Waals surface area contributed by atoms with Gasteiger partial charge in [0.25, 0.3) is 0 Å². The van der Waals surface area contributed by atoms with Crippen molar-refractivity contribution in [1.29, 1.82) is 0 Å². The summed E-state index contributed by atoms with van der Waals surface area (Å²) in [6.07, 6.45) is 0. The minimum Gasteiger partial charge on any atom is -0.464 e. The molecule has 4 nitrogen and oxygen atoms in total. The Labute approximate surface area is 99.0 Å². The Morgan fingerprint density at radius 1 is 1.53 bits per heavy atom. The molecule has 1 rings (SSSR count). The molecule has 0 aromatic rings. The molecule has 1 heterocycles. The summed E-state index contributed by atoms with van der Waals surface area (Å²) >= 11 is 3.26. The van der Waals surface area contributed by atoms with Gasteiger partial charge in [0.15, 0.2) is 0 Å².